The van der Waals surface area contributed by atoms with Crippen LogP contribution in [0.15, 0.2) is 53.4 Å². The number of methoxy groups -OCH3 is 1. The highest BCUT2D eigenvalue weighted by molar-refractivity contribution is 7.80. The molecule has 0 aromatic heterocycles. The summed E-state index contributed by atoms with van der Waals surface area (Å²) in [7, 11) is 1.59. The van der Waals surface area contributed by atoms with Crippen molar-refractivity contribution in [3.05, 3.63) is 54.1 Å². The average Bonchev–Trinajstić information content (AvgIpc) is 2.39. The maximum Gasteiger partial charge on any atom is 0.255 e. The molecule has 1 N–H and O–H groups in total. The summed E-state index contributed by atoms with van der Waals surface area (Å²) in [4.78, 5) is 12.7. The van der Waals surface area contributed by atoms with E-state index in [1.165, 1.54) is 0 Å². The first kappa shape index (κ1) is 12.5. The van der Waals surface area contributed by atoms with Crippen molar-refractivity contribution in [1.82, 2.24) is 0 Å². The van der Waals surface area contributed by atoms with Crippen LogP contribution in [0.2, 0.25) is 0 Å². The van der Waals surface area contributed by atoms with Crippen LogP contribution in [-0.4, -0.2) is 13.0 Å². The maximum absolute atomic E-state index is 12.0. The summed E-state index contributed by atoms with van der Waals surface area (Å²) in [5, 5.41) is 2.81. The van der Waals surface area contributed by atoms with Crippen LogP contribution in [0.4, 0.5) is 5.69 Å². The number of anilines is 1. The molecule has 0 saturated heterocycles. The van der Waals surface area contributed by atoms with Crippen LogP contribution < -0.4 is 10.1 Å². The standard InChI is InChI=1S/C14H13NO2S/c1-17-12-6-3-5-11(9-12)15-14(16)10-4-2-7-13(18)8-10/h2-9,18H,1H3,(H,15,16). The first-order valence-electron chi connectivity index (χ1n) is 5.43. The van der Waals surface area contributed by atoms with Gasteiger partial charge in [-0.3, -0.25) is 4.79 Å². The number of hydrogen-bond donors (Lipinski definition) is 2. The average molecular weight is 259 g/mol. The summed E-state index contributed by atoms with van der Waals surface area (Å²) in [6, 6.07) is 14.3. The molecule has 2 aromatic rings. The fourth-order valence-corrected chi connectivity index (χ4v) is 1.78. The fraction of sp³-hybridized carbons (Fsp3) is 0.0714. The zero-order chi connectivity index (χ0) is 13.0. The molecule has 0 heterocycles. The van der Waals surface area contributed by atoms with Crippen LogP contribution in [0.25, 0.3) is 0 Å². The van der Waals surface area contributed by atoms with Gasteiger partial charge in [0.2, 0.25) is 0 Å². The lowest BCUT2D eigenvalue weighted by atomic mass is 10.2. The van der Waals surface area contributed by atoms with Crippen LogP contribution in [0, 0.1) is 0 Å². The number of ether oxygens (including phenoxy) is 1. The van der Waals surface area contributed by atoms with Crippen LogP contribution in [0.3, 0.4) is 0 Å². The second-order valence-electron chi connectivity index (χ2n) is 3.74. The van der Waals surface area contributed by atoms with Gasteiger partial charge in [0, 0.05) is 22.2 Å². The minimum atomic E-state index is -0.167. The molecule has 92 valence electrons. The molecule has 0 aliphatic rings. The zero-order valence-corrected chi connectivity index (χ0v) is 10.8. The maximum atomic E-state index is 12.0. The van der Waals surface area contributed by atoms with Crippen LogP contribution in [0.1, 0.15) is 10.4 Å². The molecule has 0 bridgehead atoms. The predicted molar refractivity (Wildman–Crippen MR) is 74.6 cm³/mol. The van der Waals surface area contributed by atoms with Crippen LogP contribution >= 0.6 is 12.6 Å². The van der Waals surface area contributed by atoms with Gasteiger partial charge in [0.1, 0.15) is 5.75 Å². The zero-order valence-electron chi connectivity index (χ0n) is 9.88. The molecule has 0 saturated carbocycles. The smallest absolute Gasteiger partial charge is 0.255 e. The van der Waals surface area contributed by atoms with Crippen molar-refractivity contribution in [2.24, 2.45) is 0 Å². The third-order valence-electron chi connectivity index (χ3n) is 2.44. The lowest BCUT2D eigenvalue weighted by molar-refractivity contribution is 0.102. The Hall–Kier alpha value is -1.94. The van der Waals surface area contributed by atoms with Gasteiger partial charge in [0.05, 0.1) is 7.11 Å². The Kier molecular flexibility index (Phi) is 3.89. The van der Waals surface area contributed by atoms with E-state index in [4.69, 9.17) is 4.74 Å². The van der Waals surface area contributed by atoms with E-state index in [1.807, 2.05) is 24.3 Å². The quantitative estimate of drug-likeness (QED) is 0.830. The summed E-state index contributed by atoms with van der Waals surface area (Å²) in [5.41, 5.74) is 1.27. The van der Waals surface area contributed by atoms with Crippen molar-refractivity contribution >= 4 is 24.2 Å². The molecule has 0 aliphatic heterocycles. The summed E-state index contributed by atoms with van der Waals surface area (Å²) in [6.07, 6.45) is 0. The first-order valence-corrected chi connectivity index (χ1v) is 5.88. The Balaban J connectivity index is 2.16. The number of benzene rings is 2. The molecule has 0 spiro atoms. The number of nitrogens with one attached hydrogen (secondary N) is 1. The van der Waals surface area contributed by atoms with Gasteiger partial charge in [-0.05, 0) is 30.3 Å². The van der Waals surface area contributed by atoms with Gasteiger partial charge < -0.3 is 10.1 Å². The summed E-state index contributed by atoms with van der Waals surface area (Å²) in [5.74, 6) is 0.537. The van der Waals surface area contributed by atoms with E-state index in [0.717, 1.165) is 4.90 Å². The van der Waals surface area contributed by atoms with E-state index in [2.05, 4.69) is 17.9 Å². The van der Waals surface area contributed by atoms with Gasteiger partial charge in [0.25, 0.3) is 5.91 Å². The molecule has 1 amide bonds. The fourth-order valence-electron chi connectivity index (χ4n) is 1.55. The van der Waals surface area contributed by atoms with Crippen molar-refractivity contribution in [2.45, 2.75) is 4.90 Å². The van der Waals surface area contributed by atoms with Crippen molar-refractivity contribution in [2.75, 3.05) is 12.4 Å². The molecular weight excluding hydrogens is 246 g/mol. The molecule has 0 radical (unpaired) electrons. The Morgan fingerprint density at radius 2 is 1.94 bits per heavy atom. The van der Waals surface area contributed by atoms with E-state index in [9.17, 15) is 4.79 Å². The van der Waals surface area contributed by atoms with E-state index in [-0.39, 0.29) is 5.91 Å². The van der Waals surface area contributed by atoms with Gasteiger partial charge in [-0.2, -0.15) is 0 Å². The molecule has 3 nitrogen and oxygen atoms in total. The molecular formula is C14H13NO2S. The number of hydrogen-bond acceptors (Lipinski definition) is 3. The monoisotopic (exact) mass is 259 g/mol. The molecule has 0 unspecified atom stereocenters. The van der Waals surface area contributed by atoms with E-state index < -0.39 is 0 Å². The Labute approximate surface area is 111 Å². The minimum Gasteiger partial charge on any atom is -0.497 e. The number of thiol groups is 1. The van der Waals surface area contributed by atoms with Crippen LogP contribution in [0.5, 0.6) is 5.75 Å². The minimum absolute atomic E-state index is 0.167. The molecule has 0 fully saturated rings. The van der Waals surface area contributed by atoms with Crippen molar-refractivity contribution < 1.29 is 9.53 Å². The van der Waals surface area contributed by atoms with Gasteiger partial charge in [-0.1, -0.05) is 12.1 Å². The highest BCUT2D eigenvalue weighted by atomic mass is 32.1. The van der Waals surface area contributed by atoms with Gasteiger partial charge in [-0.15, -0.1) is 12.6 Å². The van der Waals surface area contributed by atoms with Gasteiger partial charge in [-0.25, -0.2) is 0 Å². The van der Waals surface area contributed by atoms with Crippen molar-refractivity contribution in [1.29, 1.82) is 0 Å². The highest BCUT2D eigenvalue weighted by Gasteiger charge is 2.06. The third kappa shape index (κ3) is 3.05. The Morgan fingerprint density at radius 1 is 1.17 bits per heavy atom. The second kappa shape index (κ2) is 5.60. The molecule has 4 heteroatoms. The highest BCUT2D eigenvalue weighted by Crippen LogP contribution is 2.18. The summed E-state index contributed by atoms with van der Waals surface area (Å²) >= 11 is 4.21. The van der Waals surface area contributed by atoms with Crippen molar-refractivity contribution in [3.63, 3.8) is 0 Å². The lowest BCUT2D eigenvalue weighted by Gasteiger charge is -2.07. The summed E-state index contributed by atoms with van der Waals surface area (Å²) in [6.45, 7) is 0. The normalized spacial score (nSPS) is 9.89. The Bertz CT molecular complexity index is 569. The SMILES string of the molecule is COc1cccc(NC(=O)c2cccc(S)c2)c1. The number of carbonyl (C=O) groups excluding carboxylic acids is 1. The van der Waals surface area contributed by atoms with E-state index in [0.29, 0.717) is 17.0 Å². The van der Waals surface area contributed by atoms with E-state index in [1.54, 1.807) is 31.4 Å². The lowest BCUT2D eigenvalue weighted by Crippen LogP contribution is -2.11. The van der Waals surface area contributed by atoms with Crippen LogP contribution in [-0.2, 0) is 0 Å². The first-order chi connectivity index (χ1) is 8.69. The third-order valence-corrected chi connectivity index (χ3v) is 2.71. The molecule has 0 atom stereocenters. The molecule has 2 aromatic carbocycles. The van der Waals surface area contributed by atoms with Gasteiger partial charge >= 0.3 is 0 Å². The second-order valence-corrected chi connectivity index (χ2v) is 4.25. The molecule has 0 aliphatic carbocycles. The van der Waals surface area contributed by atoms with E-state index >= 15 is 0 Å². The topological polar surface area (TPSA) is 38.3 Å². The van der Waals surface area contributed by atoms with Gasteiger partial charge in [0.15, 0.2) is 0 Å². The molecule has 18 heavy (non-hydrogen) atoms. The largest absolute Gasteiger partial charge is 0.497 e. The number of amides is 1. The summed E-state index contributed by atoms with van der Waals surface area (Å²) < 4.78 is 5.10. The predicted octanol–water partition coefficient (Wildman–Crippen LogP) is 3.24. The number of rotatable bonds is 3. The van der Waals surface area contributed by atoms with Crippen molar-refractivity contribution in [3.8, 4) is 5.75 Å². The molecule has 2 rings (SSSR count). The number of carbonyl (C=O) groups is 1. The Morgan fingerprint density at radius 3 is 2.67 bits per heavy atom.